The minimum atomic E-state index is 0.586. The van der Waals surface area contributed by atoms with Crippen LogP contribution in [0.25, 0.3) is 69.9 Å². The predicted molar refractivity (Wildman–Crippen MR) is 215 cm³/mol. The summed E-state index contributed by atoms with van der Waals surface area (Å²) >= 11 is 0. The lowest BCUT2D eigenvalue weighted by Gasteiger charge is -2.03. The van der Waals surface area contributed by atoms with E-state index in [0.29, 0.717) is 11.8 Å². The third-order valence-corrected chi connectivity index (χ3v) is 8.76. The zero-order valence-electron chi connectivity index (χ0n) is 29.2. The Morgan fingerprint density at radius 2 is 0.673 bits per heavy atom. The third kappa shape index (κ3) is 8.32. The summed E-state index contributed by atoms with van der Waals surface area (Å²) in [5.74, 6) is 2.67. The number of hydrogen-bond donors (Lipinski definition) is 0. The molecular formula is C48H38N2O2. The first-order chi connectivity index (χ1) is 25.6. The molecule has 0 fully saturated rings. The molecule has 0 aliphatic heterocycles. The van der Waals surface area contributed by atoms with E-state index in [1.54, 1.807) is 12.4 Å². The molecular weight excluding hydrogens is 637 g/mol. The van der Waals surface area contributed by atoms with Gasteiger partial charge in [0.05, 0.1) is 12.4 Å². The molecule has 2 aromatic heterocycles. The van der Waals surface area contributed by atoms with Crippen molar-refractivity contribution >= 4 is 24.3 Å². The van der Waals surface area contributed by atoms with Crippen molar-refractivity contribution in [3.63, 3.8) is 0 Å². The summed E-state index contributed by atoms with van der Waals surface area (Å²) in [4.78, 5) is 8.81. The summed E-state index contributed by atoms with van der Waals surface area (Å²) < 4.78 is 11.8. The van der Waals surface area contributed by atoms with E-state index in [-0.39, 0.29) is 0 Å². The molecule has 0 amide bonds. The second-order valence-corrected chi connectivity index (χ2v) is 12.4. The van der Waals surface area contributed by atoms with Gasteiger partial charge in [0.15, 0.2) is 11.5 Å². The molecule has 6 aromatic carbocycles. The van der Waals surface area contributed by atoms with Crippen LogP contribution in [0.2, 0.25) is 0 Å². The van der Waals surface area contributed by atoms with Crippen molar-refractivity contribution < 1.29 is 8.83 Å². The molecule has 0 aliphatic rings. The van der Waals surface area contributed by atoms with Crippen LogP contribution in [-0.2, 0) is 0 Å². The minimum Gasteiger partial charge on any atom is -0.436 e. The Bertz CT molecular complexity index is 2250. The lowest BCUT2D eigenvalue weighted by atomic mass is 10.0. The molecule has 0 N–H and O–H groups in total. The fraction of sp³-hybridized carbons (Fsp3) is 0.0417. The zero-order valence-corrected chi connectivity index (χ0v) is 29.2. The normalized spacial score (nSPS) is 11.1. The first-order valence-corrected chi connectivity index (χ1v) is 17.3. The van der Waals surface area contributed by atoms with Crippen LogP contribution >= 0.6 is 0 Å². The fourth-order valence-electron chi connectivity index (χ4n) is 5.76. The minimum absolute atomic E-state index is 0.586. The lowest BCUT2D eigenvalue weighted by molar-refractivity contribution is 0.587. The molecule has 0 aliphatic carbocycles. The topological polar surface area (TPSA) is 52.1 Å². The smallest absolute Gasteiger partial charge is 0.226 e. The van der Waals surface area contributed by atoms with E-state index in [0.717, 1.165) is 33.8 Å². The largest absolute Gasteiger partial charge is 0.436 e. The van der Waals surface area contributed by atoms with Crippen LogP contribution < -0.4 is 0 Å². The van der Waals surface area contributed by atoms with Crippen molar-refractivity contribution in [2.24, 2.45) is 0 Å². The van der Waals surface area contributed by atoms with E-state index < -0.39 is 0 Å². The maximum absolute atomic E-state index is 5.91. The highest BCUT2D eigenvalue weighted by Crippen LogP contribution is 2.30. The molecule has 0 atom stereocenters. The van der Waals surface area contributed by atoms with Crippen LogP contribution in [-0.4, -0.2) is 9.97 Å². The quantitative estimate of drug-likeness (QED) is 0.151. The molecule has 0 unspecified atom stereocenters. The van der Waals surface area contributed by atoms with Crippen LogP contribution in [0.5, 0.6) is 0 Å². The van der Waals surface area contributed by atoms with Gasteiger partial charge in [0.2, 0.25) is 11.8 Å². The standard InChI is InChI=1S/C24H16N2O2.C24H22/c1-3-7-17(8-4-1)21-15-25-23(27-21)19-11-13-20(14-12-19)24-26-16-22(28-24)18-9-5-2-6-10-18;1-19-9-3-5-11-21(19)15-17-23-13-7-8-14-24(23)18-16-22-12-6-4-10-20(22)2/h1-16H;3-18H,1-2H3. The van der Waals surface area contributed by atoms with Crippen LogP contribution in [0.1, 0.15) is 33.4 Å². The number of nitrogens with zero attached hydrogens (tertiary/aromatic N) is 2. The highest BCUT2D eigenvalue weighted by Gasteiger charge is 2.11. The molecule has 0 spiro atoms. The molecule has 8 rings (SSSR count). The van der Waals surface area contributed by atoms with Gasteiger partial charge < -0.3 is 8.83 Å². The number of aryl methyl sites for hydroxylation is 2. The Kier molecular flexibility index (Phi) is 10.6. The average Bonchev–Trinajstić information content (AvgIpc) is 3.91. The van der Waals surface area contributed by atoms with Crippen LogP contribution in [0, 0.1) is 13.8 Å². The van der Waals surface area contributed by atoms with Crippen LogP contribution in [0.4, 0.5) is 0 Å². The number of oxazole rings is 2. The second-order valence-electron chi connectivity index (χ2n) is 12.4. The molecule has 52 heavy (non-hydrogen) atoms. The molecule has 0 saturated heterocycles. The Labute approximate surface area is 305 Å². The van der Waals surface area contributed by atoms with E-state index in [1.165, 1.54) is 33.4 Å². The summed E-state index contributed by atoms with van der Waals surface area (Å²) in [5.41, 5.74) is 11.4. The van der Waals surface area contributed by atoms with Crippen molar-refractivity contribution in [2.45, 2.75) is 13.8 Å². The SMILES string of the molecule is Cc1ccccc1C=Cc1ccccc1C=Cc1ccccc1C.c1ccc(-c2cnc(-c3ccc(-c4ncc(-c5ccccc5)o4)cc3)o2)cc1. The number of rotatable bonds is 8. The molecule has 2 heterocycles. The van der Waals surface area contributed by atoms with Gasteiger partial charge in [0, 0.05) is 22.3 Å². The molecule has 8 aromatic rings. The number of aromatic nitrogens is 2. The molecule has 0 radical (unpaired) electrons. The van der Waals surface area contributed by atoms with Crippen molar-refractivity contribution in [2.75, 3.05) is 0 Å². The summed E-state index contributed by atoms with van der Waals surface area (Å²) in [6.45, 7) is 4.29. The van der Waals surface area contributed by atoms with Crippen LogP contribution in [0.3, 0.4) is 0 Å². The molecule has 4 heteroatoms. The second kappa shape index (κ2) is 16.3. The fourth-order valence-corrected chi connectivity index (χ4v) is 5.76. The first-order valence-electron chi connectivity index (χ1n) is 17.3. The molecule has 0 bridgehead atoms. The average molecular weight is 675 g/mol. The summed E-state index contributed by atoms with van der Waals surface area (Å²) in [6, 6.07) is 53.1. The number of hydrogen-bond acceptors (Lipinski definition) is 4. The monoisotopic (exact) mass is 674 g/mol. The Morgan fingerprint density at radius 3 is 1.06 bits per heavy atom. The Morgan fingerprint density at radius 1 is 0.346 bits per heavy atom. The third-order valence-electron chi connectivity index (χ3n) is 8.76. The predicted octanol–water partition coefficient (Wildman–Crippen LogP) is 13.0. The molecule has 252 valence electrons. The van der Waals surface area contributed by atoms with E-state index in [9.17, 15) is 0 Å². The van der Waals surface area contributed by atoms with E-state index in [2.05, 4.69) is 121 Å². The van der Waals surface area contributed by atoms with Gasteiger partial charge in [-0.05, 0) is 71.5 Å². The Balaban J connectivity index is 0.000000164. The zero-order chi connectivity index (χ0) is 35.5. The maximum atomic E-state index is 5.91. The highest BCUT2D eigenvalue weighted by molar-refractivity contribution is 5.80. The van der Waals surface area contributed by atoms with Crippen molar-refractivity contribution in [1.29, 1.82) is 0 Å². The van der Waals surface area contributed by atoms with Crippen molar-refractivity contribution in [1.82, 2.24) is 9.97 Å². The molecule has 0 saturated carbocycles. The van der Waals surface area contributed by atoms with Gasteiger partial charge in [-0.25, -0.2) is 9.97 Å². The van der Waals surface area contributed by atoms with Gasteiger partial charge in [-0.2, -0.15) is 0 Å². The van der Waals surface area contributed by atoms with Gasteiger partial charge in [0.25, 0.3) is 0 Å². The van der Waals surface area contributed by atoms with Gasteiger partial charge >= 0.3 is 0 Å². The number of benzene rings is 6. The van der Waals surface area contributed by atoms with Gasteiger partial charge in [-0.1, -0.05) is 158 Å². The lowest BCUT2D eigenvalue weighted by Crippen LogP contribution is -1.82. The summed E-state index contributed by atoms with van der Waals surface area (Å²) in [5, 5.41) is 0. The summed E-state index contributed by atoms with van der Waals surface area (Å²) in [6.07, 6.45) is 12.3. The molecule has 4 nitrogen and oxygen atoms in total. The van der Waals surface area contributed by atoms with Crippen LogP contribution in [0.15, 0.2) is 179 Å². The van der Waals surface area contributed by atoms with Crippen molar-refractivity contribution in [3.05, 3.63) is 203 Å². The highest BCUT2D eigenvalue weighted by atomic mass is 16.4. The summed E-state index contributed by atoms with van der Waals surface area (Å²) in [7, 11) is 0. The van der Waals surface area contributed by atoms with Gasteiger partial charge in [0.1, 0.15) is 0 Å². The van der Waals surface area contributed by atoms with E-state index in [4.69, 9.17) is 8.83 Å². The Hall–Kier alpha value is -6.78. The van der Waals surface area contributed by atoms with Gasteiger partial charge in [-0.3, -0.25) is 0 Å². The van der Waals surface area contributed by atoms with E-state index in [1.807, 2.05) is 84.9 Å². The maximum Gasteiger partial charge on any atom is 0.226 e. The van der Waals surface area contributed by atoms with E-state index >= 15 is 0 Å². The first kappa shape index (κ1) is 33.7. The van der Waals surface area contributed by atoms with Gasteiger partial charge in [-0.15, -0.1) is 0 Å². The van der Waals surface area contributed by atoms with Crippen molar-refractivity contribution in [3.8, 4) is 45.6 Å².